The van der Waals surface area contributed by atoms with Gasteiger partial charge in [-0.25, -0.2) is 4.98 Å². The fourth-order valence-electron chi connectivity index (χ4n) is 1.28. The van der Waals surface area contributed by atoms with Crippen molar-refractivity contribution in [3.05, 3.63) is 43.9 Å². The van der Waals surface area contributed by atoms with E-state index in [9.17, 15) is 4.79 Å². The molecule has 1 amide bonds. The second-order valence-electron chi connectivity index (χ2n) is 3.29. The molecule has 0 bridgehead atoms. The number of halogens is 1. The summed E-state index contributed by atoms with van der Waals surface area (Å²) in [6.45, 7) is 1.97. The minimum absolute atomic E-state index is 0.162. The van der Waals surface area contributed by atoms with Crippen molar-refractivity contribution in [1.29, 1.82) is 0 Å². The van der Waals surface area contributed by atoms with Crippen LogP contribution in [0.3, 0.4) is 0 Å². The van der Waals surface area contributed by atoms with Crippen molar-refractivity contribution >= 4 is 45.5 Å². The largest absolute Gasteiger partial charge is 0.320 e. The van der Waals surface area contributed by atoms with Crippen molar-refractivity contribution in [2.45, 2.75) is 6.92 Å². The van der Waals surface area contributed by atoms with E-state index in [4.69, 9.17) is 0 Å². The third kappa shape index (κ3) is 2.59. The SMILES string of the molecule is Cc1cc(I)ccc1NC(=O)c1cscn1. The van der Waals surface area contributed by atoms with Gasteiger partial charge in [0.2, 0.25) is 0 Å². The van der Waals surface area contributed by atoms with E-state index in [0.29, 0.717) is 5.69 Å². The predicted molar refractivity (Wildman–Crippen MR) is 74.0 cm³/mol. The van der Waals surface area contributed by atoms with Gasteiger partial charge in [0.25, 0.3) is 5.91 Å². The predicted octanol–water partition coefficient (Wildman–Crippen LogP) is 3.31. The summed E-state index contributed by atoms with van der Waals surface area (Å²) in [5.74, 6) is -0.162. The Bertz CT molecular complexity index is 511. The lowest BCUT2D eigenvalue weighted by Crippen LogP contribution is -2.12. The highest BCUT2D eigenvalue weighted by atomic mass is 127. The molecule has 0 spiro atoms. The molecule has 3 nitrogen and oxygen atoms in total. The number of rotatable bonds is 2. The minimum atomic E-state index is -0.162. The summed E-state index contributed by atoms with van der Waals surface area (Å²) in [6.07, 6.45) is 0. The van der Waals surface area contributed by atoms with Crippen LogP contribution in [0.25, 0.3) is 0 Å². The highest BCUT2D eigenvalue weighted by molar-refractivity contribution is 14.1. The number of carbonyl (C=O) groups excluding carboxylic acids is 1. The molecular weight excluding hydrogens is 335 g/mol. The van der Waals surface area contributed by atoms with Crippen LogP contribution in [0.1, 0.15) is 16.1 Å². The monoisotopic (exact) mass is 344 g/mol. The van der Waals surface area contributed by atoms with Crippen LogP contribution in [-0.2, 0) is 0 Å². The van der Waals surface area contributed by atoms with Crippen LogP contribution in [0.5, 0.6) is 0 Å². The number of hydrogen-bond acceptors (Lipinski definition) is 3. The maximum atomic E-state index is 11.7. The van der Waals surface area contributed by atoms with Gasteiger partial charge in [-0.3, -0.25) is 4.79 Å². The maximum Gasteiger partial charge on any atom is 0.275 e. The van der Waals surface area contributed by atoms with Crippen LogP contribution in [0.4, 0.5) is 5.69 Å². The number of aromatic nitrogens is 1. The van der Waals surface area contributed by atoms with Gasteiger partial charge in [-0.2, -0.15) is 0 Å². The van der Waals surface area contributed by atoms with Crippen molar-refractivity contribution in [2.75, 3.05) is 5.32 Å². The first-order valence-corrected chi connectivity index (χ1v) is 6.64. The quantitative estimate of drug-likeness (QED) is 0.850. The molecule has 16 heavy (non-hydrogen) atoms. The fraction of sp³-hybridized carbons (Fsp3) is 0.0909. The Labute approximate surface area is 111 Å². The Balaban J connectivity index is 2.18. The number of benzene rings is 1. The second-order valence-corrected chi connectivity index (χ2v) is 5.25. The van der Waals surface area contributed by atoms with Crippen molar-refractivity contribution in [1.82, 2.24) is 4.98 Å². The molecule has 0 aliphatic rings. The van der Waals surface area contributed by atoms with E-state index in [0.717, 1.165) is 14.8 Å². The molecule has 0 saturated heterocycles. The molecule has 0 unspecified atom stereocenters. The highest BCUT2D eigenvalue weighted by Crippen LogP contribution is 2.18. The van der Waals surface area contributed by atoms with Gasteiger partial charge < -0.3 is 5.32 Å². The molecule has 0 atom stereocenters. The normalized spacial score (nSPS) is 10.1. The lowest BCUT2D eigenvalue weighted by atomic mass is 10.2. The summed E-state index contributed by atoms with van der Waals surface area (Å²) < 4.78 is 1.15. The fourth-order valence-corrected chi connectivity index (χ4v) is 2.46. The summed E-state index contributed by atoms with van der Waals surface area (Å²) in [4.78, 5) is 15.7. The van der Waals surface area contributed by atoms with Crippen LogP contribution in [0.15, 0.2) is 29.1 Å². The summed E-state index contributed by atoms with van der Waals surface area (Å²) in [7, 11) is 0. The number of amides is 1. The van der Waals surface area contributed by atoms with Gasteiger partial charge in [0.1, 0.15) is 5.69 Å². The summed E-state index contributed by atoms with van der Waals surface area (Å²) in [5.41, 5.74) is 3.99. The van der Waals surface area contributed by atoms with Crippen LogP contribution < -0.4 is 5.32 Å². The number of carbonyl (C=O) groups is 1. The molecule has 0 saturated carbocycles. The van der Waals surface area contributed by atoms with Gasteiger partial charge in [-0.05, 0) is 53.3 Å². The van der Waals surface area contributed by atoms with E-state index >= 15 is 0 Å². The second kappa shape index (κ2) is 4.92. The molecule has 2 rings (SSSR count). The van der Waals surface area contributed by atoms with Gasteiger partial charge in [-0.1, -0.05) is 0 Å². The van der Waals surface area contributed by atoms with Crippen molar-refractivity contribution in [3.63, 3.8) is 0 Å². The third-order valence-electron chi connectivity index (χ3n) is 2.10. The molecule has 0 aliphatic heterocycles. The smallest absolute Gasteiger partial charge is 0.275 e. The molecule has 0 fully saturated rings. The van der Waals surface area contributed by atoms with Crippen molar-refractivity contribution in [3.8, 4) is 0 Å². The molecular formula is C11H9IN2OS. The van der Waals surface area contributed by atoms with Gasteiger partial charge in [-0.15, -0.1) is 11.3 Å². The third-order valence-corrected chi connectivity index (χ3v) is 3.36. The number of anilines is 1. The van der Waals surface area contributed by atoms with E-state index < -0.39 is 0 Å². The van der Waals surface area contributed by atoms with E-state index in [2.05, 4.69) is 32.9 Å². The first kappa shape index (κ1) is 11.5. The van der Waals surface area contributed by atoms with Gasteiger partial charge in [0, 0.05) is 14.6 Å². The van der Waals surface area contributed by atoms with Gasteiger partial charge >= 0.3 is 0 Å². The molecule has 2 aromatic rings. The molecule has 0 radical (unpaired) electrons. The molecule has 0 aliphatic carbocycles. The Kier molecular flexibility index (Phi) is 3.55. The lowest BCUT2D eigenvalue weighted by Gasteiger charge is -2.07. The van der Waals surface area contributed by atoms with E-state index in [1.54, 1.807) is 10.9 Å². The topological polar surface area (TPSA) is 42.0 Å². The number of nitrogens with one attached hydrogen (secondary N) is 1. The maximum absolute atomic E-state index is 11.7. The van der Waals surface area contributed by atoms with Crippen LogP contribution >= 0.6 is 33.9 Å². The van der Waals surface area contributed by atoms with Crippen molar-refractivity contribution < 1.29 is 4.79 Å². The van der Waals surface area contributed by atoms with Crippen LogP contribution in [0.2, 0.25) is 0 Å². The average Bonchev–Trinajstić information content (AvgIpc) is 2.75. The van der Waals surface area contributed by atoms with E-state index in [1.165, 1.54) is 11.3 Å². The van der Waals surface area contributed by atoms with Crippen LogP contribution in [-0.4, -0.2) is 10.9 Å². The minimum Gasteiger partial charge on any atom is -0.320 e. The Morgan fingerprint density at radius 2 is 2.31 bits per heavy atom. The standard InChI is InChI=1S/C11H9IN2OS/c1-7-4-8(12)2-3-9(7)14-11(15)10-5-16-6-13-10/h2-6H,1H3,(H,14,15). The van der Waals surface area contributed by atoms with Crippen molar-refractivity contribution in [2.24, 2.45) is 0 Å². The number of nitrogens with zero attached hydrogens (tertiary/aromatic N) is 1. The number of aryl methyl sites for hydroxylation is 1. The summed E-state index contributed by atoms with van der Waals surface area (Å²) in [6, 6.07) is 5.89. The zero-order chi connectivity index (χ0) is 11.5. The molecule has 1 aromatic carbocycles. The Morgan fingerprint density at radius 3 is 2.94 bits per heavy atom. The first-order valence-electron chi connectivity index (χ1n) is 4.62. The van der Waals surface area contributed by atoms with E-state index in [1.807, 2.05) is 25.1 Å². The lowest BCUT2D eigenvalue weighted by molar-refractivity contribution is 0.102. The van der Waals surface area contributed by atoms with Gasteiger partial charge in [0.15, 0.2) is 0 Å². The van der Waals surface area contributed by atoms with Gasteiger partial charge in [0.05, 0.1) is 5.51 Å². The Hall–Kier alpha value is -0.950. The number of thiazole rings is 1. The first-order chi connectivity index (χ1) is 7.66. The number of hydrogen-bond donors (Lipinski definition) is 1. The highest BCUT2D eigenvalue weighted by Gasteiger charge is 2.09. The average molecular weight is 344 g/mol. The van der Waals surface area contributed by atoms with E-state index in [-0.39, 0.29) is 5.91 Å². The summed E-state index contributed by atoms with van der Waals surface area (Å²) in [5, 5.41) is 4.58. The zero-order valence-corrected chi connectivity index (χ0v) is 11.5. The summed E-state index contributed by atoms with van der Waals surface area (Å²) >= 11 is 3.65. The molecule has 1 heterocycles. The van der Waals surface area contributed by atoms with Crippen LogP contribution in [0, 0.1) is 10.5 Å². The molecule has 82 valence electrons. The zero-order valence-electron chi connectivity index (χ0n) is 8.53. The molecule has 1 aromatic heterocycles. The molecule has 5 heteroatoms. The molecule has 1 N–H and O–H groups in total. The Morgan fingerprint density at radius 1 is 1.50 bits per heavy atom.